The van der Waals surface area contributed by atoms with E-state index in [1.807, 2.05) is 0 Å². The quantitative estimate of drug-likeness (QED) is 0.769. The van der Waals surface area contributed by atoms with Gasteiger partial charge in [0.25, 0.3) is 0 Å². The van der Waals surface area contributed by atoms with Crippen LogP contribution in [0.5, 0.6) is 0 Å². The molecule has 2 aliphatic heterocycles. The number of piperidine rings is 1. The van der Waals surface area contributed by atoms with Crippen LogP contribution >= 0.6 is 0 Å². The normalized spacial score (nSPS) is 23.2. The fourth-order valence-electron chi connectivity index (χ4n) is 3.50. The van der Waals surface area contributed by atoms with E-state index in [1.165, 1.54) is 15.9 Å². The molecule has 2 aliphatic rings. The first-order valence-electron chi connectivity index (χ1n) is 8.81. The van der Waals surface area contributed by atoms with Gasteiger partial charge in [-0.15, -0.1) is 0 Å². The number of nitrogens with zero attached hydrogens (tertiary/aromatic N) is 2. The van der Waals surface area contributed by atoms with E-state index >= 15 is 0 Å². The summed E-state index contributed by atoms with van der Waals surface area (Å²) in [4.78, 5) is 27.0. The van der Waals surface area contributed by atoms with Crippen molar-refractivity contribution >= 4 is 12.2 Å². The maximum atomic E-state index is 13.0. The van der Waals surface area contributed by atoms with Gasteiger partial charge in [0.1, 0.15) is 6.10 Å². The van der Waals surface area contributed by atoms with Crippen molar-refractivity contribution in [1.82, 2.24) is 9.80 Å². The summed E-state index contributed by atoms with van der Waals surface area (Å²) < 4.78 is 48.8. The maximum absolute atomic E-state index is 13.0. The molecule has 2 saturated heterocycles. The third kappa shape index (κ3) is 4.49. The van der Waals surface area contributed by atoms with Crippen LogP contribution in [0.15, 0.2) is 24.3 Å². The van der Waals surface area contributed by atoms with E-state index < -0.39 is 36.0 Å². The van der Waals surface area contributed by atoms with Crippen molar-refractivity contribution in [3.05, 3.63) is 35.4 Å². The number of hydrogen-bond acceptors (Lipinski definition) is 5. The van der Waals surface area contributed by atoms with Crippen LogP contribution in [0.2, 0.25) is 0 Å². The first kappa shape index (κ1) is 20.2. The molecule has 10 heteroatoms. The number of urea groups is 1. The first-order valence-corrected chi connectivity index (χ1v) is 8.81. The van der Waals surface area contributed by atoms with Gasteiger partial charge in [-0.2, -0.15) is 13.2 Å². The third-order valence-electron chi connectivity index (χ3n) is 4.93. The molecule has 7 nitrogen and oxygen atoms in total. The summed E-state index contributed by atoms with van der Waals surface area (Å²) in [7, 11) is 1.15. The maximum Gasteiger partial charge on any atom is 0.508 e. The molecule has 1 aromatic rings. The largest absolute Gasteiger partial charge is 0.508 e. The Balaban J connectivity index is 1.81. The van der Waals surface area contributed by atoms with Gasteiger partial charge in [0, 0.05) is 12.5 Å². The Labute approximate surface area is 159 Å². The molecule has 2 atom stereocenters. The van der Waals surface area contributed by atoms with Gasteiger partial charge in [-0.1, -0.05) is 18.2 Å². The summed E-state index contributed by atoms with van der Waals surface area (Å²) >= 11 is 0. The van der Waals surface area contributed by atoms with Gasteiger partial charge in [-0.25, -0.2) is 9.59 Å². The van der Waals surface area contributed by atoms with Crippen molar-refractivity contribution in [2.24, 2.45) is 0 Å². The van der Waals surface area contributed by atoms with E-state index in [-0.39, 0.29) is 38.6 Å². The molecule has 154 valence electrons. The van der Waals surface area contributed by atoms with Crippen LogP contribution in [0.25, 0.3) is 0 Å². The lowest BCUT2D eigenvalue weighted by atomic mass is 9.88. The number of rotatable bonds is 2. The zero-order chi connectivity index (χ0) is 20.5. The second-order valence-electron chi connectivity index (χ2n) is 7.00. The highest BCUT2D eigenvalue weighted by Crippen LogP contribution is 2.34. The number of carbonyl (C=O) groups excluding carboxylic acids is 2. The fraction of sp³-hybridized carbons (Fsp3) is 0.556. The number of ether oxygens (including phenoxy) is 2. The minimum absolute atomic E-state index is 0.107. The highest BCUT2D eigenvalue weighted by Gasteiger charge is 2.39. The highest BCUT2D eigenvalue weighted by atomic mass is 19.4. The number of hydrogen-bond donors (Lipinski definition) is 1. The van der Waals surface area contributed by atoms with Crippen molar-refractivity contribution in [3.8, 4) is 0 Å². The molecule has 0 radical (unpaired) electrons. The molecule has 2 unspecified atom stereocenters. The number of amides is 2. The Morgan fingerprint density at radius 2 is 1.82 bits per heavy atom. The summed E-state index contributed by atoms with van der Waals surface area (Å²) in [6.45, 7) is 0.696. The smallest absolute Gasteiger partial charge is 0.438 e. The molecule has 0 spiro atoms. The van der Waals surface area contributed by atoms with Gasteiger partial charge in [0.15, 0.2) is 0 Å². The molecule has 0 aliphatic carbocycles. The highest BCUT2D eigenvalue weighted by molar-refractivity contribution is 5.76. The Morgan fingerprint density at radius 1 is 1.14 bits per heavy atom. The van der Waals surface area contributed by atoms with Gasteiger partial charge >= 0.3 is 18.4 Å². The van der Waals surface area contributed by atoms with E-state index in [0.29, 0.717) is 5.56 Å². The van der Waals surface area contributed by atoms with E-state index in [9.17, 15) is 27.9 Å². The Bertz CT molecular complexity index is 736. The molecular formula is C18H21F3N2O5. The molecule has 28 heavy (non-hydrogen) atoms. The molecule has 0 bridgehead atoms. The molecule has 0 saturated carbocycles. The van der Waals surface area contributed by atoms with Gasteiger partial charge < -0.3 is 24.4 Å². The number of aliphatic hydroxyl groups excluding tert-OH is 1. The predicted octanol–water partition coefficient (Wildman–Crippen LogP) is 2.44. The zero-order valence-electron chi connectivity index (χ0n) is 15.2. The molecule has 1 N–H and O–H groups in total. The second kappa shape index (κ2) is 7.86. The molecule has 1 aromatic carbocycles. The monoisotopic (exact) mass is 402 g/mol. The summed E-state index contributed by atoms with van der Waals surface area (Å²) in [5, 5.41) is 9.40. The van der Waals surface area contributed by atoms with E-state index in [4.69, 9.17) is 4.74 Å². The lowest BCUT2D eigenvalue weighted by molar-refractivity contribution is -0.137. The van der Waals surface area contributed by atoms with Gasteiger partial charge in [0.05, 0.1) is 38.4 Å². The van der Waals surface area contributed by atoms with Crippen LogP contribution in [-0.2, 0) is 15.7 Å². The Hall–Kier alpha value is -2.49. The van der Waals surface area contributed by atoms with Crippen molar-refractivity contribution in [2.75, 3.05) is 33.3 Å². The number of aliphatic hydroxyl groups is 1. The van der Waals surface area contributed by atoms with E-state index in [0.717, 1.165) is 19.2 Å². The first-order chi connectivity index (χ1) is 13.2. The van der Waals surface area contributed by atoms with Crippen LogP contribution < -0.4 is 0 Å². The van der Waals surface area contributed by atoms with Crippen LogP contribution in [0.3, 0.4) is 0 Å². The average molecular weight is 402 g/mol. The van der Waals surface area contributed by atoms with Crippen LogP contribution in [0, 0.1) is 0 Å². The average Bonchev–Trinajstić information content (AvgIpc) is 2.64. The molecule has 2 heterocycles. The number of alkyl halides is 3. The van der Waals surface area contributed by atoms with E-state index in [1.54, 1.807) is 6.07 Å². The SMILES string of the molecule is COC(=O)OC1CC(c2cccc(C(F)(F)F)c2)CN(C(=O)N2CC(O)C2)C1. The molecule has 2 fully saturated rings. The van der Waals surface area contributed by atoms with Gasteiger partial charge in [-0.3, -0.25) is 0 Å². The Kier molecular flexibility index (Phi) is 5.69. The summed E-state index contributed by atoms with van der Waals surface area (Å²) in [5.74, 6) is -0.444. The van der Waals surface area contributed by atoms with Crippen molar-refractivity contribution in [2.45, 2.75) is 30.7 Å². The van der Waals surface area contributed by atoms with E-state index in [2.05, 4.69) is 4.74 Å². The minimum Gasteiger partial charge on any atom is -0.438 e. The lowest BCUT2D eigenvalue weighted by Crippen LogP contribution is -2.60. The number of carbonyl (C=O) groups is 2. The van der Waals surface area contributed by atoms with Crippen molar-refractivity contribution in [3.63, 3.8) is 0 Å². The predicted molar refractivity (Wildman–Crippen MR) is 90.6 cm³/mol. The molecule has 3 rings (SSSR count). The van der Waals surface area contributed by atoms with Crippen molar-refractivity contribution < 1.29 is 37.3 Å². The number of likely N-dealkylation sites (tertiary alicyclic amines) is 2. The fourth-order valence-corrected chi connectivity index (χ4v) is 3.50. The number of benzene rings is 1. The molecular weight excluding hydrogens is 381 g/mol. The summed E-state index contributed by atoms with van der Waals surface area (Å²) in [6.07, 6.45) is -6.41. The number of β-amino-alcohol motifs (C(OH)–C–C–N with tert-alkyl or cyclic N) is 1. The zero-order valence-corrected chi connectivity index (χ0v) is 15.2. The molecule has 0 aromatic heterocycles. The van der Waals surface area contributed by atoms with Gasteiger partial charge in [0.2, 0.25) is 0 Å². The number of halogens is 3. The Morgan fingerprint density at radius 3 is 2.43 bits per heavy atom. The number of methoxy groups -OCH3 is 1. The minimum atomic E-state index is -4.48. The van der Waals surface area contributed by atoms with Crippen molar-refractivity contribution in [1.29, 1.82) is 0 Å². The lowest BCUT2D eigenvalue weighted by Gasteiger charge is -2.43. The summed E-state index contributed by atoms with van der Waals surface area (Å²) in [5.41, 5.74) is -0.362. The van der Waals surface area contributed by atoms with Gasteiger partial charge in [-0.05, 0) is 18.1 Å². The van der Waals surface area contributed by atoms with Crippen LogP contribution in [-0.4, -0.2) is 72.6 Å². The topological polar surface area (TPSA) is 79.3 Å². The second-order valence-corrected chi connectivity index (χ2v) is 7.00. The third-order valence-corrected chi connectivity index (χ3v) is 4.93. The van der Waals surface area contributed by atoms with Crippen LogP contribution in [0.1, 0.15) is 23.5 Å². The molecule has 2 amide bonds. The van der Waals surface area contributed by atoms with Crippen LogP contribution in [0.4, 0.5) is 22.8 Å². The summed E-state index contributed by atoms with van der Waals surface area (Å²) in [6, 6.07) is 4.58. The standard InChI is InChI=1S/C18H21F3N2O5/c1-27-17(26)28-15-6-12(11-3-2-4-13(5-11)18(19,20)21)7-22(10-15)16(25)23-8-14(24)9-23/h2-5,12,14-15,24H,6-10H2,1H3.